The van der Waals surface area contributed by atoms with Crippen LogP contribution >= 0.6 is 0 Å². The van der Waals surface area contributed by atoms with Crippen LogP contribution in [0.3, 0.4) is 0 Å². The number of hydrogen-bond donors (Lipinski definition) is 1. The lowest BCUT2D eigenvalue weighted by Crippen LogP contribution is -2.26. The summed E-state index contributed by atoms with van der Waals surface area (Å²) >= 11 is 0. The zero-order valence-corrected chi connectivity index (χ0v) is 11.9. The van der Waals surface area contributed by atoms with Crippen molar-refractivity contribution in [2.45, 2.75) is 39.0 Å². The van der Waals surface area contributed by atoms with Crippen LogP contribution in [0.15, 0.2) is 18.2 Å². The number of carbonyl (C=O) groups is 2. The number of hydrogen-bond acceptors (Lipinski definition) is 3. The van der Waals surface area contributed by atoms with Gasteiger partial charge in [0.25, 0.3) is 0 Å². The highest BCUT2D eigenvalue weighted by molar-refractivity contribution is 5.95. The van der Waals surface area contributed by atoms with Gasteiger partial charge in [-0.3, -0.25) is 4.79 Å². The third-order valence-corrected chi connectivity index (χ3v) is 3.69. The van der Waals surface area contributed by atoms with Crippen molar-refractivity contribution in [3.05, 3.63) is 29.3 Å². The van der Waals surface area contributed by atoms with E-state index >= 15 is 0 Å². The first kappa shape index (κ1) is 14.6. The van der Waals surface area contributed by atoms with Crippen molar-refractivity contribution in [3.8, 4) is 0 Å². The Kier molecular flexibility index (Phi) is 4.77. The van der Waals surface area contributed by atoms with Gasteiger partial charge in [0.2, 0.25) is 0 Å². The van der Waals surface area contributed by atoms with Crippen LogP contribution in [0.5, 0.6) is 0 Å². The minimum Gasteiger partial charge on any atom is -0.478 e. The van der Waals surface area contributed by atoms with Gasteiger partial charge in [-0.2, -0.15) is 0 Å². The molecule has 0 aliphatic carbocycles. The summed E-state index contributed by atoms with van der Waals surface area (Å²) in [5.74, 6) is -0.876. The molecule has 108 valence electrons. The van der Waals surface area contributed by atoms with Gasteiger partial charge in [0, 0.05) is 19.5 Å². The molecular formula is C16H21NO3. The first-order chi connectivity index (χ1) is 9.58. The monoisotopic (exact) mass is 275 g/mol. The van der Waals surface area contributed by atoms with Gasteiger partial charge in [-0.25, -0.2) is 4.79 Å². The van der Waals surface area contributed by atoms with Crippen molar-refractivity contribution < 1.29 is 14.7 Å². The summed E-state index contributed by atoms with van der Waals surface area (Å²) in [5.41, 5.74) is 1.87. The van der Waals surface area contributed by atoms with Crippen LogP contribution in [0.2, 0.25) is 0 Å². The molecule has 4 heteroatoms. The van der Waals surface area contributed by atoms with Crippen molar-refractivity contribution in [2.75, 3.05) is 18.0 Å². The lowest BCUT2D eigenvalue weighted by Gasteiger charge is -2.24. The van der Waals surface area contributed by atoms with Gasteiger partial charge < -0.3 is 10.0 Å². The molecule has 0 saturated carbocycles. The van der Waals surface area contributed by atoms with Gasteiger partial charge >= 0.3 is 5.97 Å². The summed E-state index contributed by atoms with van der Waals surface area (Å²) < 4.78 is 0. The fourth-order valence-electron chi connectivity index (χ4n) is 2.74. The Labute approximate surface area is 119 Å². The van der Waals surface area contributed by atoms with Crippen molar-refractivity contribution in [2.24, 2.45) is 0 Å². The molecule has 0 bridgehead atoms. The average molecular weight is 275 g/mol. The second-order valence-electron chi connectivity index (χ2n) is 5.44. The number of carbonyl (C=O) groups excluding carboxylic acids is 1. The van der Waals surface area contributed by atoms with Crippen molar-refractivity contribution in [1.82, 2.24) is 0 Å². The van der Waals surface area contributed by atoms with Crippen LogP contribution in [0, 0.1) is 0 Å². The molecule has 0 unspecified atom stereocenters. The standard InChI is InChI=1S/C16H21NO3/c1-12(18)10-13-6-7-15(14(11-13)16(19)20)17-8-4-2-3-5-9-17/h6-7,11H,2-5,8-10H2,1H3,(H,19,20). The van der Waals surface area contributed by atoms with Gasteiger partial charge in [-0.05, 0) is 37.5 Å². The molecule has 1 aliphatic rings. The summed E-state index contributed by atoms with van der Waals surface area (Å²) in [7, 11) is 0. The van der Waals surface area contributed by atoms with E-state index in [9.17, 15) is 14.7 Å². The van der Waals surface area contributed by atoms with Crippen LogP contribution in [0.25, 0.3) is 0 Å². The molecule has 0 amide bonds. The lowest BCUT2D eigenvalue weighted by atomic mass is 10.0. The Bertz CT molecular complexity index is 502. The lowest BCUT2D eigenvalue weighted by molar-refractivity contribution is -0.116. The van der Waals surface area contributed by atoms with Gasteiger partial charge in [0.1, 0.15) is 5.78 Å². The molecule has 1 N–H and O–H groups in total. The van der Waals surface area contributed by atoms with Crippen LogP contribution in [-0.2, 0) is 11.2 Å². The molecule has 2 rings (SSSR count). The van der Waals surface area contributed by atoms with Crippen molar-refractivity contribution in [1.29, 1.82) is 0 Å². The first-order valence-corrected chi connectivity index (χ1v) is 7.18. The van der Waals surface area contributed by atoms with E-state index in [2.05, 4.69) is 4.90 Å². The second-order valence-corrected chi connectivity index (χ2v) is 5.44. The third-order valence-electron chi connectivity index (χ3n) is 3.69. The number of benzene rings is 1. The Morgan fingerprint density at radius 1 is 1.15 bits per heavy atom. The van der Waals surface area contributed by atoms with Gasteiger partial charge in [-0.15, -0.1) is 0 Å². The van der Waals surface area contributed by atoms with Crippen LogP contribution in [0.4, 0.5) is 5.69 Å². The van der Waals surface area contributed by atoms with Crippen LogP contribution in [-0.4, -0.2) is 29.9 Å². The maximum atomic E-state index is 11.5. The molecule has 0 aromatic heterocycles. The molecule has 1 heterocycles. The largest absolute Gasteiger partial charge is 0.478 e. The maximum Gasteiger partial charge on any atom is 0.337 e. The summed E-state index contributed by atoms with van der Waals surface area (Å²) in [6, 6.07) is 5.37. The quantitative estimate of drug-likeness (QED) is 0.918. The molecular weight excluding hydrogens is 254 g/mol. The minimum atomic E-state index is -0.922. The SMILES string of the molecule is CC(=O)Cc1ccc(N2CCCCCC2)c(C(=O)O)c1. The highest BCUT2D eigenvalue weighted by atomic mass is 16.4. The number of carboxylic acid groups (broad SMARTS) is 1. The zero-order chi connectivity index (χ0) is 14.5. The summed E-state index contributed by atoms with van der Waals surface area (Å²) in [6.07, 6.45) is 4.92. The number of Topliss-reactive ketones (excluding diaryl/α,β-unsaturated/α-hetero) is 1. The maximum absolute atomic E-state index is 11.5. The fraction of sp³-hybridized carbons (Fsp3) is 0.500. The van der Waals surface area contributed by atoms with E-state index in [1.165, 1.54) is 19.8 Å². The highest BCUT2D eigenvalue weighted by Gasteiger charge is 2.18. The first-order valence-electron chi connectivity index (χ1n) is 7.18. The number of nitrogens with zero attached hydrogens (tertiary/aromatic N) is 1. The Morgan fingerprint density at radius 2 is 1.80 bits per heavy atom. The summed E-state index contributed by atoms with van der Waals surface area (Å²) in [4.78, 5) is 24.8. The molecule has 0 spiro atoms. The minimum absolute atomic E-state index is 0.0452. The summed E-state index contributed by atoms with van der Waals surface area (Å²) in [6.45, 7) is 3.34. The molecule has 1 aliphatic heterocycles. The smallest absolute Gasteiger partial charge is 0.337 e. The normalized spacial score (nSPS) is 15.8. The van der Waals surface area contributed by atoms with Crippen molar-refractivity contribution >= 4 is 17.4 Å². The topological polar surface area (TPSA) is 57.6 Å². The molecule has 1 saturated heterocycles. The molecule has 1 aromatic carbocycles. The molecule has 20 heavy (non-hydrogen) atoms. The number of aromatic carboxylic acids is 1. The molecule has 4 nitrogen and oxygen atoms in total. The van der Waals surface area contributed by atoms with Gasteiger partial charge in [0.15, 0.2) is 0 Å². The number of ketones is 1. The van der Waals surface area contributed by atoms with E-state index in [0.29, 0.717) is 12.0 Å². The Morgan fingerprint density at radius 3 is 2.35 bits per heavy atom. The molecule has 0 radical (unpaired) electrons. The Balaban J connectivity index is 2.31. The average Bonchev–Trinajstić information content (AvgIpc) is 2.66. The van der Waals surface area contributed by atoms with Crippen LogP contribution < -0.4 is 4.90 Å². The molecule has 0 atom stereocenters. The Hall–Kier alpha value is -1.84. The predicted octanol–water partition coefficient (Wildman–Crippen LogP) is 2.90. The fourth-order valence-corrected chi connectivity index (χ4v) is 2.74. The van der Waals surface area contributed by atoms with E-state index < -0.39 is 5.97 Å². The molecule has 1 fully saturated rings. The van der Waals surface area contributed by atoms with E-state index in [1.807, 2.05) is 12.1 Å². The number of rotatable bonds is 4. The van der Waals surface area contributed by atoms with E-state index in [4.69, 9.17) is 0 Å². The highest BCUT2D eigenvalue weighted by Crippen LogP contribution is 2.25. The van der Waals surface area contributed by atoms with Gasteiger partial charge in [-0.1, -0.05) is 18.9 Å². The number of carboxylic acids is 1. The second kappa shape index (κ2) is 6.55. The van der Waals surface area contributed by atoms with E-state index in [0.717, 1.165) is 37.2 Å². The van der Waals surface area contributed by atoms with Gasteiger partial charge in [0.05, 0.1) is 11.3 Å². The zero-order valence-electron chi connectivity index (χ0n) is 11.9. The predicted molar refractivity (Wildman–Crippen MR) is 78.5 cm³/mol. The van der Waals surface area contributed by atoms with Crippen molar-refractivity contribution in [3.63, 3.8) is 0 Å². The van der Waals surface area contributed by atoms with Crippen LogP contribution in [0.1, 0.15) is 48.5 Å². The van der Waals surface area contributed by atoms with E-state index in [1.54, 1.807) is 6.07 Å². The molecule has 1 aromatic rings. The summed E-state index contributed by atoms with van der Waals surface area (Å²) in [5, 5.41) is 9.41. The van der Waals surface area contributed by atoms with E-state index in [-0.39, 0.29) is 5.78 Å². The number of anilines is 1. The third kappa shape index (κ3) is 3.59.